The third-order valence-corrected chi connectivity index (χ3v) is 4.35. The largest absolute Gasteiger partial charge is 0.466 e. The number of pyridine rings is 1. The van der Waals surface area contributed by atoms with Crippen molar-refractivity contribution in [3.8, 4) is 0 Å². The predicted molar refractivity (Wildman–Crippen MR) is 116 cm³/mol. The fourth-order valence-corrected chi connectivity index (χ4v) is 2.91. The van der Waals surface area contributed by atoms with Gasteiger partial charge in [0.2, 0.25) is 0 Å². The molecule has 0 aliphatic heterocycles. The van der Waals surface area contributed by atoms with Crippen molar-refractivity contribution in [2.24, 2.45) is 0 Å². The molecule has 0 spiro atoms. The van der Waals surface area contributed by atoms with Crippen molar-refractivity contribution in [3.63, 3.8) is 0 Å². The van der Waals surface area contributed by atoms with E-state index in [1.54, 1.807) is 0 Å². The zero-order valence-electron chi connectivity index (χ0n) is 16.7. The first-order valence-electron chi connectivity index (χ1n) is 8.95. The van der Waals surface area contributed by atoms with E-state index in [0.29, 0.717) is 6.04 Å². The number of benzene rings is 1. The van der Waals surface area contributed by atoms with Crippen LogP contribution in [0.5, 0.6) is 0 Å². The first-order chi connectivity index (χ1) is 12.6. The molecule has 10 heteroatoms. The number of hydrogen-bond donors (Lipinski definition) is 5. The number of nitrogens with zero attached hydrogens (tertiary/aromatic N) is 2. The molecule has 2 rings (SSSR count). The van der Waals surface area contributed by atoms with Crippen LogP contribution in [-0.2, 0) is 4.57 Å². The van der Waals surface area contributed by atoms with Crippen LogP contribution in [0.3, 0.4) is 0 Å². The Balaban J connectivity index is 0.00000108. The maximum absolute atomic E-state index is 8.88. The lowest BCUT2D eigenvalue weighted by Gasteiger charge is -2.20. The van der Waals surface area contributed by atoms with Gasteiger partial charge in [-0.2, -0.15) is 0 Å². The second-order valence-electron chi connectivity index (χ2n) is 6.25. The maximum atomic E-state index is 8.88. The van der Waals surface area contributed by atoms with Gasteiger partial charge in [-0.25, -0.2) is 4.57 Å². The number of rotatable bonds is 8. The van der Waals surface area contributed by atoms with Gasteiger partial charge < -0.3 is 31.0 Å². The molecule has 28 heavy (non-hydrogen) atoms. The highest BCUT2D eigenvalue weighted by atomic mass is 35.5. The molecular weight excluding hydrogens is 403 g/mol. The van der Waals surface area contributed by atoms with Crippen molar-refractivity contribution in [2.45, 2.75) is 39.7 Å². The monoisotopic (exact) mass is 434 g/mol. The molecule has 1 heterocycles. The quantitative estimate of drug-likeness (QED) is 0.392. The van der Waals surface area contributed by atoms with Gasteiger partial charge >= 0.3 is 7.82 Å². The number of aromatic nitrogens is 1. The first-order valence-corrected chi connectivity index (χ1v) is 10.9. The minimum absolute atomic E-state index is 0. The number of phosphoric acid groups is 1. The summed E-state index contributed by atoms with van der Waals surface area (Å²) >= 11 is 6.04. The molecule has 0 fully saturated rings. The highest BCUT2D eigenvalue weighted by Gasteiger charge is 2.07. The van der Waals surface area contributed by atoms with E-state index < -0.39 is 7.82 Å². The first kappa shape index (κ1) is 26.8. The SMILES string of the molecule is CCN(CC)CCCC(C)Nc1ccnc2cc(Cl)ccc12.N.O=P(O)(O)O. The van der Waals surface area contributed by atoms with Crippen LogP contribution in [0.1, 0.15) is 33.6 Å². The zero-order chi connectivity index (χ0) is 20.4. The maximum Gasteiger partial charge on any atom is 0.466 e. The zero-order valence-corrected chi connectivity index (χ0v) is 18.3. The van der Waals surface area contributed by atoms with Crippen molar-refractivity contribution in [1.29, 1.82) is 0 Å². The number of hydrogen-bond acceptors (Lipinski definition) is 5. The van der Waals surface area contributed by atoms with Gasteiger partial charge in [-0.15, -0.1) is 0 Å². The average Bonchev–Trinajstić information content (AvgIpc) is 2.57. The van der Waals surface area contributed by atoms with E-state index in [4.69, 9.17) is 30.8 Å². The number of fused-ring (bicyclic) bond motifs is 1. The fraction of sp³-hybridized carbons (Fsp3) is 0.500. The normalized spacial score (nSPS) is 12.1. The second-order valence-corrected chi connectivity index (χ2v) is 7.71. The lowest BCUT2D eigenvalue weighted by molar-refractivity contribution is 0.275. The summed E-state index contributed by atoms with van der Waals surface area (Å²) in [7, 11) is -4.64. The molecule has 0 bridgehead atoms. The lowest BCUT2D eigenvalue weighted by Crippen LogP contribution is -2.25. The third kappa shape index (κ3) is 10.9. The molecule has 1 aromatic carbocycles. The van der Waals surface area contributed by atoms with E-state index in [2.05, 4.69) is 36.0 Å². The van der Waals surface area contributed by atoms with Crippen LogP contribution in [0.4, 0.5) is 5.69 Å². The summed E-state index contributed by atoms with van der Waals surface area (Å²) in [5.74, 6) is 0. The van der Waals surface area contributed by atoms with Crippen LogP contribution >= 0.6 is 19.4 Å². The second kappa shape index (κ2) is 13.1. The van der Waals surface area contributed by atoms with Crippen molar-refractivity contribution >= 4 is 36.0 Å². The molecule has 0 aliphatic rings. The molecule has 1 unspecified atom stereocenters. The number of halogens is 1. The van der Waals surface area contributed by atoms with Crippen LogP contribution in [0.25, 0.3) is 10.9 Å². The standard InChI is InChI=1S/C18H26ClN3.H3N.H3O4P/c1-4-22(5-2)12-6-7-14(3)21-17-10-11-20-18-13-15(19)8-9-16(17)18;;1-5(2,3)4/h8-11,13-14H,4-7,12H2,1-3H3,(H,20,21);1H3;(H3,1,2,3,4). The van der Waals surface area contributed by atoms with Crippen molar-refractivity contribution in [1.82, 2.24) is 16.0 Å². The van der Waals surface area contributed by atoms with Gasteiger partial charge in [0.1, 0.15) is 0 Å². The molecule has 0 amide bonds. The highest BCUT2D eigenvalue weighted by Crippen LogP contribution is 2.26. The van der Waals surface area contributed by atoms with Crippen molar-refractivity contribution < 1.29 is 19.2 Å². The molecule has 7 N–H and O–H groups in total. The Labute approximate surface area is 171 Å². The Morgan fingerprint density at radius 1 is 1.21 bits per heavy atom. The Morgan fingerprint density at radius 2 is 1.82 bits per heavy atom. The van der Waals surface area contributed by atoms with Crippen LogP contribution in [0, 0.1) is 0 Å². The smallest absolute Gasteiger partial charge is 0.382 e. The lowest BCUT2D eigenvalue weighted by atomic mass is 10.1. The van der Waals surface area contributed by atoms with Gasteiger partial charge in [-0.3, -0.25) is 4.98 Å². The van der Waals surface area contributed by atoms with Gasteiger partial charge in [-0.05, 0) is 63.7 Å². The van der Waals surface area contributed by atoms with E-state index in [1.165, 1.54) is 13.0 Å². The van der Waals surface area contributed by atoms with E-state index in [1.807, 2.05) is 30.5 Å². The minimum atomic E-state index is -4.64. The van der Waals surface area contributed by atoms with Crippen LogP contribution in [-0.4, -0.2) is 50.2 Å². The molecular formula is C18H32ClN4O4P. The summed E-state index contributed by atoms with van der Waals surface area (Å²) in [5, 5.41) is 5.47. The van der Waals surface area contributed by atoms with E-state index in [-0.39, 0.29) is 6.15 Å². The predicted octanol–water partition coefficient (Wildman–Crippen LogP) is 4.04. The average molecular weight is 435 g/mol. The molecule has 160 valence electrons. The molecule has 0 aliphatic carbocycles. The van der Waals surface area contributed by atoms with Gasteiger partial charge in [0, 0.05) is 28.3 Å². The summed E-state index contributed by atoms with van der Waals surface area (Å²) in [4.78, 5) is 28.4. The van der Waals surface area contributed by atoms with Crippen LogP contribution in [0.2, 0.25) is 5.02 Å². The Morgan fingerprint density at radius 3 is 2.39 bits per heavy atom. The summed E-state index contributed by atoms with van der Waals surface area (Å²) in [5.41, 5.74) is 2.07. The number of anilines is 1. The Bertz CT molecular complexity index is 747. The summed E-state index contributed by atoms with van der Waals surface area (Å²) in [6.45, 7) is 10.1. The van der Waals surface area contributed by atoms with Crippen LogP contribution < -0.4 is 11.5 Å². The minimum Gasteiger partial charge on any atom is -0.382 e. The van der Waals surface area contributed by atoms with E-state index >= 15 is 0 Å². The topological polar surface area (TPSA) is 141 Å². The van der Waals surface area contributed by atoms with E-state index in [9.17, 15) is 0 Å². The molecule has 1 aromatic heterocycles. The molecule has 2 aromatic rings. The molecule has 8 nitrogen and oxygen atoms in total. The van der Waals surface area contributed by atoms with Crippen molar-refractivity contribution in [3.05, 3.63) is 35.5 Å². The summed E-state index contributed by atoms with van der Waals surface area (Å²) in [6, 6.07) is 8.35. The Hall–Kier alpha value is -1.25. The summed E-state index contributed by atoms with van der Waals surface area (Å²) < 4.78 is 8.88. The van der Waals surface area contributed by atoms with Gasteiger partial charge in [0.25, 0.3) is 0 Å². The third-order valence-electron chi connectivity index (χ3n) is 4.11. The molecule has 0 saturated heterocycles. The van der Waals surface area contributed by atoms with Gasteiger partial charge in [0.05, 0.1) is 5.52 Å². The Kier molecular flexibility index (Phi) is 12.5. The molecule has 1 atom stereocenters. The van der Waals surface area contributed by atoms with Crippen LogP contribution in [0.15, 0.2) is 30.5 Å². The molecule has 0 saturated carbocycles. The van der Waals surface area contributed by atoms with Gasteiger partial charge in [-0.1, -0.05) is 25.4 Å². The van der Waals surface area contributed by atoms with E-state index in [0.717, 1.165) is 41.1 Å². The number of nitrogens with one attached hydrogen (secondary N) is 1. The fourth-order valence-electron chi connectivity index (χ4n) is 2.75. The van der Waals surface area contributed by atoms with Crippen molar-refractivity contribution in [2.75, 3.05) is 25.0 Å². The highest BCUT2D eigenvalue weighted by molar-refractivity contribution is 7.45. The summed E-state index contributed by atoms with van der Waals surface area (Å²) in [6.07, 6.45) is 4.21. The van der Waals surface area contributed by atoms with Gasteiger partial charge in [0.15, 0.2) is 0 Å². The molecule has 0 radical (unpaired) electrons.